The van der Waals surface area contributed by atoms with Gasteiger partial charge in [-0.1, -0.05) is 43.9 Å². The van der Waals surface area contributed by atoms with Crippen LogP contribution in [0.15, 0.2) is 83.9 Å². The van der Waals surface area contributed by atoms with E-state index in [1.165, 1.54) is 6.07 Å². The largest absolute Gasteiger partial charge is 0.394 e. The first kappa shape index (κ1) is 39.6. The van der Waals surface area contributed by atoms with E-state index in [-0.39, 0.29) is 54.6 Å². The fraction of sp³-hybridized carbons (Fsp3) is 0.400. The van der Waals surface area contributed by atoms with Crippen LogP contribution >= 0.6 is 11.8 Å². The number of hydrogen-bond donors (Lipinski definition) is 4. The van der Waals surface area contributed by atoms with E-state index >= 15 is 4.39 Å². The first-order valence-electron chi connectivity index (χ1n) is 20.5. The molecule has 4 N–H and O–H groups in total. The lowest BCUT2D eigenvalue weighted by atomic mass is 9.82. The summed E-state index contributed by atoms with van der Waals surface area (Å²) in [4.78, 5) is 59.6. The molecule has 1 aromatic heterocycles. The number of imide groups is 1. The van der Waals surface area contributed by atoms with Crippen molar-refractivity contribution in [2.45, 2.75) is 87.4 Å². The summed E-state index contributed by atoms with van der Waals surface area (Å²) in [6, 6.07) is 21.0. The van der Waals surface area contributed by atoms with E-state index in [9.17, 15) is 24.3 Å². The molecule has 11 nitrogen and oxygen atoms in total. The Kier molecular flexibility index (Phi) is 12.1. The maximum absolute atomic E-state index is 15.4. The topological polar surface area (TPSA) is 144 Å². The van der Waals surface area contributed by atoms with E-state index in [4.69, 9.17) is 0 Å². The molecule has 0 bridgehead atoms. The number of pyridine rings is 1. The zero-order valence-corrected chi connectivity index (χ0v) is 33.2. The SMILES string of the molecule is O=C1CCC(N2Cc3c(SCCCCCCCCNc4ccc(F)c(-c5ccc6c(c5)[C@H]5[C@H](CCN5C(=O)c5ccccn5)[C@@H](CO)N6)c4)cccc3C2=O)C(=O)N1. The van der Waals surface area contributed by atoms with Gasteiger partial charge in [0.1, 0.15) is 17.6 Å². The van der Waals surface area contributed by atoms with Gasteiger partial charge in [-0.25, -0.2) is 4.39 Å². The van der Waals surface area contributed by atoms with Crippen LogP contribution in [0.5, 0.6) is 0 Å². The molecule has 0 spiro atoms. The highest BCUT2D eigenvalue weighted by atomic mass is 32.2. The number of thioether (sulfide) groups is 1. The van der Waals surface area contributed by atoms with E-state index in [2.05, 4.69) is 20.9 Å². The number of likely N-dealkylation sites (tertiary alicyclic amines) is 1. The number of piperidine rings is 1. The number of aliphatic hydroxyl groups excluding tert-OH is 1. The summed E-state index contributed by atoms with van der Waals surface area (Å²) in [5, 5.41) is 19.5. The Hall–Kier alpha value is -5.27. The van der Waals surface area contributed by atoms with Gasteiger partial charge >= 0.3 is 0 Å². The van der Waals surface area contributed by atoms with Gasteiger partial charge in [-0.15, -0.1) is 11.8 Å². The van der Waals surface area contributed by atoms with Gasteiger partial charge in [0, 0.05) is 65.6 Å². The number of nitrogens with one attached hydrogen (secondary N) is 3. The molecule has 2 fully saturated rings. The number of anilines is 2. The number of carbonyl (C=O) groups is 4. The molecule has 13 heteroatoms. The van der Waals surface area contributed by atoms with Gasteiger partial charge in [0.25, 0.3) is 11.8 Å². The summed E-state index contributed by atoms with van der Waals surface area (Å²) in [5.41, 5.74) is 5.85. The zero-order valence-electron chi connectivity index (χ0n) is 32.4. The number of aliphatic hydroxyl groups is 1. The predicted octanol–water partition coefficient (Wildman–Crippen LogP) is 7.18. The van der Waals surface area contributed by atoms with E-state index in [0.717, 1.165) is 90.2 Å². The highest BCUT2D eigenvalue weighted by molar-refractivity contribution is 7.99. The highest BCUT2D eigenvalue weighted by Gasteiger charge is 2.46. The Morgan fingerprint density at radius 3 is 2.59 bits per heavy atom. The van der Waals surface area contributed by atoms with E-state index in [0.29, 0.717) is 36.3 Å². The molecule has 5 heterocycles. The highest BCUT2D eigenvalue weighted by Crippen LogP contribution is 2.48. The second kappa shape index (κ2) is 17.7. The van der Waals surface area contributed by atoms with Crippen LogP contribution in [0, 0.1) is 11.7 Å². The maximum Gasteiger partial charge on any atom is 0.272 e. The van der Waals surface area contributed by atoms with Crippen LogP contribution < -0.4 is 16.0 Å². The van der Waals surface area contributed by atoms with Crippen molar-refractivity contribution >= 4 is 46.8 Å². The number of unbranched alkanes of at least 4 members (excludes halogenated alkanes) is 5. The number of nitrogens with zero attached hydrogens (tertiary/aromatic N) is 3. The van der Waals surface area contributed by atoms with E-state index in [1.807, 2.05) is 47.4 Å². The molecule has 3 aromatic carbocycles. The normalized spacial score (nSPS) is 21.0. The Morgan fingerprint density at radius 1 is 0.931 bits per heavy atom. The van der Waals surface area contributed by atoms with Crippen LogP contribution in [0.1, 0.15) is 95.8 Å². The number of fused-ring (bicyclic) bond motifs is 4. The smallest absolute Gasteiger partial charge is 0.272 e. The number of benzene rings is 3. The second-order valence-corrected chi connectivity index (χ2v) is 16.8. The summed E-state index contributed by atoms with van der Waals surface area (Å²) in [5.74, 6) is -0.314. The number of amides is 4. The molecule has 1 unspecified atom stereocenters. The molecule has 0 saturated carbocycles. The Bertz CT molecular complexity index is 2190. The molecule has 2 saturated heterocycles. The quantitative estimate of drug-likeness (QED) is 0.0558. The first-order chi connectivity index (χ1) is 28.3. The Balaban J connectivity index is 0.797. The minimum absolute atomic E-state index is 0.0157. The maximum atomic E-state index is 15.4. The average Bonchev–Trinajstić information content (AvgIpc) is 3.84. The van der Waals surface area contributed by atoms with Crippen LogP contribution in [-0.2, 0) is 16.1 Å². The molecule has 0 radical (unpaired) electrons. The van der Waals surface area contributed by atoms with Crippen molar-refractivity contribution in [1.29, 1.82) is 0 Å². The number of rotatable bonds is 15. The molecule has 4 amide bonds. The van der Waals surface area contributed by atoms with Crippen LogP contribution in [-0.4, -0.2) is 81.1 Å². The molecule has 4 aliphatic rings. The molecule has 58 heavy (non-hydrogen) atoms. The van der Waals surface area contributed by atoms with Gasteiger partial charge in [0.15, 0.2) is 0 Å². The molecule has 0 aliphatic carbocycles. The third-order valence-corrected chi connectivity index (χ3v) is 13.2. The minimum atomic E-state index is -0.607. The summed E-state index contributed by atoms with van der Waals surface area (Å²) < 4.78 is 15.4. The second-order valence-electron chi connectivity index (χ2n) is 15.6. The van der Waals surface area contributed by atoms with Crippen LogP contribution in [0.4, 0.5) is 15.8 Å². The third-order valence-electron chi connectivity index (χ3n) is 12.0. The number of halogens is 1. The van der Waals surface area contributed by atoms with Crippen LogP contribution in [0.2, 0.25) is 0 Å². The monoisotopic (exact) mass is 804 g/mol. The van der Waals surface area contributed by atoms with Crippen molar-refractivity contribution in [2.75, 3.05) is 36.1 Å². The lowest BCUT2D eigenvalue weighted by molar-refractivity contribution is -0.136. The van der Waals surface area contributed by atoms with Crippen molar-refractivity contribution < 1.29 is 28.7 Å². The molecule has 4 aliphatic heterocycles. The number of hydrogen-bond acceptors (Lipinski definition) is 9. The lowest BCUT2D eigenvalue weighted by Gasteiger charge is -2.39. The van der Waals surface area contributed by atoms with Gasteiger partial charge in [-0.2, -0.15) is 0 Å². The van der Waals surface area contributed by atoms with Crippen LogP contribution in [0.25, 0.3) is 11.1 Å². The summed E-state index contributed by atoms with van der Waals surface area (Å²) in [6.45, 7) is 1.67. The summed E-state index contributed by atoms with van der Waals surface area (Å²) in [7, 11) is 0. The predicted molar refractivity (Wildman–Crippen MR) is 222 cm³/mol. The van der Waals surface area contributed by atoms with E-state index < -0.39 is 11.9 Å². The van der Waals surface area contributed by atoms with Crippen molar-refractivity contribution in [3.63, 3.8) is 0 Å². The Morgan fingerprint density at radius 2 is 1.78 bits per heavy atom. The molecule has 8 rings (SSSR count). The van der Waals surface area contributed by atoms with Crippen molar-refractivity contribution in [2.24, 2.45) is 5.92 Å². The zero-order chi connectivity index (χ0) is 40.2. The average molecular weight is 805 g/mol. The molecule has 4 atom stereocenters. The van der Waals surface area contributed by atoms with Gasteiger partial charge in [0.2, 0.25) is 11.8 Å². The van der Waals surface area contributed by atoms with Crippen molar-refractivity contribution in [3.05, 3.63) is 107 Å². The van der Waals surface area contributed by atoms with Gasteiger partial charge in [-0.3, -0.25) is 29.5 Å². The first-order valence-corrected chi connectivity index (χ1v) is 21.5. The van der Waals surface area contributed by atoms with Gasteiger partial charge in [0.05, 0.1) is 18.7 Å². The standard InChI is InChI=1S/C45H49FN6O5S/c46-35-15-14-29(25-32(35)28-13-16-36-33(24-28)42-31(38(27-53)49-36)19-22-51(42)45(57)37-11-5-7-21-48-37)47-20-6-3-1-2-4-8-23-58-40-12-9-10-30-34(40)26-52(44(30)56)39-17-18-41(54)50-43(39)55/h5,7,9-16,21,24-25,31,38-39,42,47,49,53H,1-4,6,8,17-20,22-23,26-27H2,(H,50,54,55)/t31-,38-,39?,42-/m1/s1. The molecular formula is C45H49FN6O5S. The third kappa shape index (κ3) is 8.20. The number of carbonyl (C=O) groups excluding carboxylic acids is 4. The number of aromatic nitrogens is 1. The van der Waals surface area contributed by atoms with Crippen molar-refractivity contribution in [3.8, 4) is 11.1 Å². The van der Waals surface area contributed by atoms with Crippen LogP contribution in [0.3, 0.4) is 0 Å². The fourth-order valence-electron chi connectivity index (χ4n) is 8.99. The Labute approximate surface area is 342 Å². The minimum Gasteiger partial charge on any atom is -0.394 e. The van der Waals surface area contributed by atoms with Crippen molar-refractivity contribution in [1.82, 2.24) is 20.1 Å². The molecule has 4 aromatic rings. The van der Waals surface area contributed by atoms with E-state index in [1.54, 1.807) is 47.1 Å². The van der Waals surface area contributed by atoms with Gasteiger partial charge in [-0.05, 0) is 103 Å². The van der Waals surface area contributed by atoms with Gasteiger partial charge < -0.3 is 25.5 Å². The fourth-order valence-corrected chi connectivity index (χ4v) is 10.1. The molecule has 302 valence electrons. The lowest BCUT2D eigenvalue weighted by Crippen LogP contribution is -2.52. The molecular weight excluding hydrogens is 756 g/mol. The summed E-state index contributed by atoms with van der Waals surface area (Å²) >= 11 is 1.76. The summed E-state index contributed by atoms with van der Waals surface area (Å²) in [6.07, 6.45) is 9.48.